The highest BCUT2D eigenvalue weighted by atomic mass is 16.5. The van der Waals surface area contributed by atoms with Crippen LogP contribution < -0.4 is 15.2 Å². The number of ether oxygens (including phenoxy) is 2. The van der Waals surface area contributed by atoms with Crippen LogP contribution in [0.1, 0.15) is 30.0 Å². The first kappa shape index (κ1) is 17.1. The second kappa shape index (κ2) is 7.46. The van der Waals surface area contributed by atoms with Gasteiger partial charge in [0.25, 0.3) is 0 Å². The Morgan fingerprint density at radius 2 is 2.04 bits per heavy atom. The Bertz CT molecular complexity index is 721. The third-order valence-electron chi connectivity index (χ3n) is 4.69. The van der Waals surface area contributed by atoms with Gasteiger partial charge in [-0.3, -0.25) is 9.89 Å². The second-order valence-electron chi connectivity index (χ2n) is 6.29. The first-order valence-corrected chi connectivity index (χ1v) is 8.39. The molecule has 1 unspecified atom stereocenters. The van der Waals surface area contributed by atoms with E-state index in [0.717, 1.165) is 35.7 Å². The Morgan fingerprint density at radius 1 is 1.32 bits per heavy atom. The molecule has 7 heteroatoms. The highest BCUT2D eigenvalue weighted by molar-refractivity contribution is 5.77. The van der Waals surface area contributed by atoms with Crippen LogP contribution in [-0.2, 0) is 11.2 Å². The van der Waals surface area contributed by atoms with Crippen LogP contribution in [0, 0.1) is 0 Å². The molecule has 1 fully saturated rings. The van der Waals surface area contributed by atoms with Crippen LogP contribution in [0.4, 0.5) is 5.69 Å². The van der Waals surface area contributed by atoms with Crippen LogP contribution in [-0.4, -0.2) is 48.3 Å². The molecular formula is C18H24N4O3. The van der Waals surface area contributed by atoms with E-state index < -0.39 is 0 Å². The number of aromatic amines is 1. The molecule has 1 aromatic heterocycles. The number of H-pyrrole nitrogens is 1. The normalized spacial score (nSPS) is 16.9. The Balaban J connectivity index is 1.57. The Hall–Kier alpha value is -2.70. The van der Waals surface area contributed by atoms with Crippen molar-refractivity contribution in [1.29, 1.82) is 0 Å². The van der Waals surface area contributed by atoms with Crippen molar-refractivity contribution in [3.8, 4) is 11.5 Å². The third-order valence-corrected chi connectivity index (χ3v) is 4.69. The smallest absolute Gasteiger partial charge is 0.222 e. The van der Waals surface area contributed by atoms with Gasteiger partial charge in [-0.05, 0) is 30.5 Å². The lowest BCUT2D eigenvalue weighted by Gasteiger charge is -2.17. The predicted octanol–water partition coefficient (Wildman–Crippen LogP) is 1.96. The standard InChI is InChI=1S/C18H24N4O3/c1-24-14-7-12(8-15(9-14)25-2)3-4-17(23)22-6-5-13(11-22)18-16(19)10-20-21-18/h7-10,13H,3-6,11,19H2,1-2H3,(H,20,21). The van der Waals surface area contributed by atoms with Gasteiger partial charge in [-0.2, -0.15) is 5.10 Å². The number of likely N-dealkylation sites (tertiary alicyclic amines) is 1. The number of methoxy groups -OCH3 is 2. The third kappa shape index (κ3) is 3.87. The number of nitrogens with zero attached hydrogens (tertiary/aromatic N) is 2. The highest BCUT2D eigenvalue weighted by Gasteiger charge is 2.29. The number of hydrogen-bond donors (Lipinski definition) is 2. The minimum Gasteiger partial charge on any atom is -0.497 e. The summed E-state index contributed by atoms with van der Waals surface area (Å²) in [5, 5.41) is 6.92. The summed E-state index contributed by atoms with van der Waals surface area (Å²) in [6.45, 7) is 1.44. The summed E-state index contributed by atoms with van der Waals surface area (Å²) in [4.78, 5) is 14.4. The maximum absolute atomic E-state index is 12.5. The Labute approximate surface area is 147 Å². The summed E-state index contributed by atoms with van der Waals surface area (Å²) >= 11 is 0. The highest BCUT2D eigenvalue weighted by Crippen LogP contribution is 2.30. The van der Waals surface area contributed by atoms with Crippen molar-refractivity contribution in [2.45, 2.75) is 25.2 Å². The summed E-state index contributed by atoms with van der Waals surface area (Å²) in [5.41, 5.74) is 8.54. The van der Waals surface area contributed by atoms with Crippen molar-refractivity contribution in [3.05, 3.63) is 35.7 Å². The maximum atomic E-state index is 12.5. The molecule has 0 spiro atoms. The van der Waals surface area contributed by atoms with E-state index in [1.165, 1.54) is 0 Å². The Kier molecular flexibility index (Phi) is 5.11. The topological polar surface area (TPSA) is 93.5 Å². The molecule has 0 radical (unpaired) electrons. The van der Waals surface area contributed by atoms with Gasteiger partial charge in [-0.25, -0.2) is 0 Å². The first-order chi connectivity index (χ1) is 12.1. The van der Waals surface area contributed by atoms with E-state index in [9.17, 15) is 4.79 Å². The van der Waals surface area contributed by atoms with Crippen LogP contribution in [0.5, 0.6) is 11.5 Å². The van der Waals surface area contributed by atoms with E-state index >= 15 is 0 Å². The number of nitrogens with one attached hydrogen (secondary N) is 1. The van der Waals surface area contributed by atoms with Crippen molar-refractivity contribution in [2.24, 2.45) is 0 Å². The van der Waals surface area contributed by atoms with Gasteiger partial charge in [0.15, 0.2) is 0 Å². The predicted molar refractivity (Wildman–Crippen MR) is 94.8 cm³/mol. The lowest BCUT2D eigenvalue weighted by atomic mass is 10.0. The average Bonchev–Trinajstić information content (AvgIpc) is 3.28. The molecule has 1 saturated heterocycles. The number of rotatable bonds is 6. The summed E-state index contributed by atoms with van der Waals surface area (Å²) in [7, 11) is 3.24. The molecule has 0 bridgehead atoms. The number of carbonyl (C=O) groups excluding carboxylic acids is 1. The number of anilines is 1. The van der Waals surface area contributed by atoms with E-state index in [-0.39, 0.29) is 11.8 Å². The molecule has 1 atom stereocenters. The molecular weight excluding hydrogens is 320 g/mol. The van der Waals surface area contributed by atoms with E-state index in [1.54, 1.807) is 20.4 Å². The molecule has 1 aliphatic rings. The number of aromatic nitrogens is 2. The quantitative estimate of drug-likeness (QED) is 0.835. The molecule has 3 N–H and O–H groups in total. The molecule has 2 aromatic rings. The molecule has 7 nitrogen and oxygen atoms in total. The zero-order valence-corrected chi connectivity index (χ0v) is 14.6. The Morgan fingerprint density at radius 3 is 2.64 bits per heavy atom. The SMILES string of the molecule is COc1cc(CCC(=O)N2CCC(c3[nH]ncc3N)C2)cc(OC)c1. The van der Waals surface area contributed by atoms with Gasteiger partial charge in [0.1, 0.15) is 11.5 Å². The first-order valence-electron chi connectivity index (χ1n) is 8.39. The van der Waals surface area contributed by atoms with Crippen molar-refractivity contribution in [1.82, 2.24) is 15.1 Å². The maximum Gasteiger partial charge on any atom is 0.222 e. The number of nitrogen functional groups attached to an aromatic ring is 1. The second-order valence-corrected chi connectivity index (χ2v) is 6.29. The van der Waals surface area contributed by atoms with Crippen molar-refractivity contribution in [2.75, 3.05) is 33.0 Å². The number of carbonyl (C=O) groups is 1. The average molecular weight is 344 g/mol. The van der Waals surface area contributed by atoms with E-state index in [4.69, 9.17) is 15.2 Å². The minimum atomic E-state index is 0.155. The molecule has 25 heavy (non-hydrogen) atoms. The molecule has 0 aliphatic carbocycles. The zero-order valence-electron chi connectivity index (χ0n) is 14.6. The monoisotopic (exact) mass is 344 g/mol. The van der Waals surface area contributed by atoms with Crippen molar-refractivity contribution >= 4 is 11.6 Å². The van der Waals surface area contributed by atoms with Crippen LogP contribution in [0.25, 0.3) is 0 Å². The van der Waals surface area contributed by atoms with Crippen LogP contribution in [0.2, 0.25) is 0 Å². The summed E-state index contributed by atoms with van der Waals surface area (Å²) < 4.78 is 10.5. The largest absolute Gasteiger partial charge is 0.497 e. The number of amides is 1. The zero-order chi connectivity index (χ0) is 17.8. The molecule has 1 aromatic carbocycles. The molecule has 1 aliphatic heterocycles. The van der Waals surface area contributed by atoms with Gasteiger partial charge in [0.2, 0.25) is 5.91 Å². The van der Waals surface area contributed by atoms with Crippen molar-refractivity contribution in [3.63, 3.8) is 0 Å². The molecule has 134 valence electrons. The summed E-state index contributed by atoms with van der Waals surface area (Å²) in [6, 6.07) is 5.70. The van der Waals surface area contributed by atoms with Crippen LogP contribution >= 0.6 is 0 Å². The molecule has 1 amide bonds. The number of hydrogen-bond acceptors (Lipinski definition) is 5. The van der Waals surface area contributed by atoms with Crippen LogP contribution in [0.15, 0.2) is 24.4 Å². The van der Waals surface area contributed by atoms with E-state index in [2.05, 4.69) is 10.2 Å². The lowest BCUT2D eigenvalue weighted by molar-refractivity contribution is -0.130. The number of aryl methyl sites for hydroxylation is 1. The van der Waals surface area contributed by atoms with Gasteiger partial charge in [-0.1, -0.05) is 0 Å². The molecule has 2 heterocycles. The van der Waals surface area contributed by atoms with Crippen molar-refractivity contribution < 1.29 is 14.3 Å². The van der Waals surface area contributed by atoms with Crippen LogP contribution in [0.3, 0.4) is 0 Å². The van der Waals surface area contributed by atoms with Gasteiger partial charge in [0.05, 0.1) is 31.8 Å². The number of nitrogens with two attached hydrogens (primary N) is 1. The molecule has 0 saturated carbocycles. The minimum absolute atomic E-state index is 0.155. The number of benzene rings is 1. The van der Waals surface area contributed by atoms with Gasteiger partial charge in [-0.15, -0.1) is 0 Å². The fourth-order valence-corrected chi connectivity index (χ4v) is 3.27. The molecule has 3 rings (SSSR count). The van der Waals surface area contributed by atoms with Gasteiger partial charge >= 0.3 is 0 Å². The van der Waals surface area contributed by atoms with Gasteiger partial charge in [0, 0.05) is 31.5 Å². The lowest BCUT2D eigenvalue weighted by Crippen LogP contribution is -2.28. The fraction of sp³-hybridized carbons (Fsp3) is 0.444. The summed E-state index contributed by atoms with van der Waals surface area (Å²) in [6.07, 6.45) is 3.64. The van der Waals surface area contributed by atoms with Gasteiger partial charge < -0.3 is 20.1 Å². The van der Waals surface area contributed by atoms with E-state index in [1.807, 2.05) is 23.1 Å². The van der Waals surface area contributed by atoms with E-state index in [0.29, 0.717) is 25.1 Å². The summed E-state index contributed by atoms with van der Waals surface area (Å²) in [5.74, 6) is 1.86. The fourth-order valence-electron chi connectivity index (χ4n) is 3.27.